The zero-order valence-corrected chi connectivity index (χ0v) is 8.52. The summed E-state index contributed by atoms with van der Waals surface area (Å²) < 4.78 is 5.10. The van der Waals surface area contributed by atoms with Gasteiger partial charge in [-0.15, -0.1) is 0 Å². The average Bonchev–Trinajstić information content (AvgIpc) is 2.30. The Hall–Kier alpha value is -1.61. The van der Waals surface area contributed by atoms with Crippen LogP contribution in [0.2, 0.25) is 0 Å². The number of hydrogen-bond donors (Lipinski definition) is 2. The summed E-state index contributed by atoms with van der Waals surface area (Å²) in [6.45, 7) is 0.181. The molecule has 3 nitrogen and oxygen atoms in total. The van der Waals surface area contributed by atoms with Crippen LogP contribution in [0.4, 0.5) is 0 Å². The molecule has 0 amide bonds. The van der Waals surface area contributed by atoms with Gasteiger partial charge in [-0.25, -0.2) is 0 Å². The molecule has 0 heterocycles. The lowest BCUT2D eigenvalue weighted by atomic mass is 10.2. The highest BCUT2D eigenvalue weighted by atomic mass is 16.5. The maximum Gasteiger partial charge on any atom is 0.218 e. The van der Waals surface area contributed by atoms with E-state index >= 15 is 0 Å². The summed E-state index contributed by atoms with van der Waals surface area (Å²) in [4.78, 5) is 0. The molecule has 1 aromatic carbocycles. The molecule has 1 aromatic rings. The minimum Gasteiger partial charge on any atom is -0.447 e. The van der Waals surface area contributed by atoms with Gasteiger partial charge in [0.1, 0.15) is 0 Å². The van der Waals surface area contributed by atoms with Gasteiger partial charge in [-0.2, -0.15) is 0 Å². The topological polar surface area (TPSA) is 53.3 Å². The van der Waals surface area contributed by atoms with E-state index in [9.17, 15) is 0 Å². The number of rotatable bonds is 5. The third-order valence-electron chi connectivity index (χ3n) is 1.85. The van der Waals surface area contributed by atoms with Crippen LogP contribution in [0.1, 0.15) is 18.4 Å². The van der Waals surface area contributed by atoms with Gasteiger partial charge in [0.25, 0.3) is 0 Å². The first-order valence-corrected chi connectivity index (χ1v) is 4.91. The molecule has 1 rings (SSSR count). The molecule has 0 aromatic heterocycles. The SMILES string of the molecule is N=C(O/C=C/CCCO)c1ccccc1. The van der Waals surface area contributed by atoms with Crippen LogP contribution < -0.4 is 0 Å². The molecule has 0 unspecified atom stereocenters. The lowest BCUT2D eigenvalue weighted by Gasteiger charge is -2.01. The van der Waals surface area contributed by atoms with Crippen molar-refractivity contribution in [2.24, 2.45) is 0 Å². The second-order valence-electron chi connectivity index (χ2n) is 3.05. The smallest absolute Gasteiger partial charge is 0.218 e. The predicted molar refractivity (Wildman–Crippen MR) is 59.8 cm³/mol. The van der Waals surface area contributed by atoms with Crippen LogP contribution in [0.15, 0.2) is 42.7 Å². The molecule has 0 saturated carbocycles. The van der Waals surface area contributed by atoms with E-state index in [1.165, 1.54) is 6.26 Å². The molecule has 80 valence electrons. The van der Waals surface area contributed by atoms with E-state index < -0.39 is 0 Å². The Kier molecular flexibility index (Phi) is 5.19. The number of hydrogen-bond acceptors (Lipinski definition) is 3. The van der Waals surface area contributed by atoms with Gasteiger partial charge in [-0.05, 0) is 31.1 Å². The summed E-state index contributed by atoms with van der Waals surface area (Å²) >= 11 is 0. The maximum atomic E-state index is 8.54. The number of ether oxygens (including phenoxy) is 1. The van der Waals surface area contributed by atoms with Gasteiger partial charge < -0.3 is 9.84 Å². The molecule has 0 aliphatic rings. The van der Waals surface area contributed by atoms with Crippen molar-refractivity contribution in [1.29, 1.82) is 5.41 Å². The highest BCUT2D eigenvalue weighted by molar-refractivity contribution is 5.91. The standard InChI is InChI=1S/C12H15NO2/c13-12(11-7-3-1-4-8-11)15-10-6-2-5-9-14/h1,3-4,6-8,10,13-14H,2,5,9H2/b10-6+,13-12?. The summed E-state index contributed by atoms with van der Waals surface area (Å²) in [6.07, 6.45) is 4.77. The molecule has 0 atom stereocenters. The number of aliphatic hydroxyl groups excluding tert-OH is 1. The third-order valence-corrected chi connectivity index (χ3v) is 1.85. The van der Waals surface area contributed by atoms with Crippen molar-refractivity contribution in [1.82, 2.24) is 0 Å². The Morgan fingerprint density at radius 3 is 2.73 bits per heavy atom. The third kappa shape index (κ3) is 4.42. The van der Waals surface area contributed by atoms with E-state index in [0.717, 1.165) is 18.4 Å². The fourth-order valence-electron chi connectivity index (χ4n) is 1.05. The number of benzene rings is 1. The summed E-state index contributed by atoms with van der Waals surface area (Å²) in [5.41, 5.74) is 0.754. The zero-order chi connectivity index (χ0) is 10.9. The van der Waals surface area contributed by atoms with E-state index in [2.05, 4.69) is 0 Å². The van der Waals surface area contributed by atoms with E-state index in [1.54, 1.807) is 6.08 Å². The molecule has 0 saturated heterocycles. The molecule has 0 aliphatic carbocycles. The van der Waals surface area contributed by atoms with Gasteiger partial charge in [-0.1, -0.05) is 18.2 Å². The number of nitrogens with one attached hydrogen (secondary N) is 1. The zero-order valence-electron chi connectivity index (χ0n) is 8.52. The summed E-state index contributed by atoms with van der Waals surface area (Å²) in [5, 5.41) is 16.1. The van der Waals surface area contributed by atoms with Crippen LogP contribution >= 0.6 is 0 Å². The van der Waals surface area contributed by atoms with Crippen molar-refractivity contribution < 1.29 is 9.84 Å². The summed E-state index contributed by atoms with van der Waals surface area (Å²) in [7, 11) is 0. The number of aliphatic hydroxyl groups is 1. The van der Waals surface area contributed by atoms with Crippen LogP contribution in [0, 0.1) is 5.41 Å². The fourth-order valence-corrected chi connectivity index (χ4v) is 1.05. The number of allylic oxidation sites excluding steroid dienone is 1. The van der Waals surface area contributed by atoms with Gasteiger partial charge in [-0.3, -0.25) is 5.41 Å². The lowest BCUT2D eigenvalue weighted by Crippen LogP contribution is -1.99. The van der Waals surface area contributed by atoms with Gasteiger partial charge in [0.2, 0.25) is 5.90 Å². The van der Waals surface area contributed by atoms with Crippen LogP contribution in [0.25, 0.3) is 0 Å². The Morgan fingerprint density at radius 2 is 2.07 bits per heavy atom. The van der Waals surface area contributed by atoms with Crippen molar-refractivity contribution in [2.45, 2.75) is 12.8 Å². The Morgan fingerprint density at radius 1 is 1.33 bits per heavy atom. The Bertz CT molecular complexity index is 320. The maximum absolute atomic E-state index is 8.54. The minimum absolute atomic E-state index is 0.135. The second kappa shape index (κ2) is 6.79. The highest BCUT2D eigenvalue weighted by Gasteiger charge is 1.97. The largest absolute Gasteiger partial charge is 0.447 e. The molecular formula is C12H15NO2. The van der Waals surface area contributed by atoms with Crippen molar-refractivity contribution in [3.63, 3.8) is 0 Å². The molecule has 3 heteroatoms. The predicted octanol–water partition coefficient (Wildman–Crippen LogP) is 2.31. The molecule has 0 spiro atoms. The van der Waals surface area contributed by atoms with Gasteiger partial charge in [0, 0.05) is 12.2 Å². The molecule has 0 radical (unpaired) electrons. The normalized spacial score (nSPS) is 10.5. The minimum atomic E-state index is 0.135. The van der Waals surface area contributed by atoms with Crippen LogP contribution in [-0.4, -0.2) is 17.6 Å². The van der Waals surface area contributed by atoms with Crippen LogP contribution in [0.5, 0.6) is 0 Å². The Balaban J connectivity index is 2.34. The number of unbranched alkanes of at least 4 members (excludes halogenated alkanes) is 1. The van der Waals surface area contributed by atoms with Crippen molar-refractivity contribution in [2.75, 3.05) is 6.61 Å². The van der Waals surface area contributed by atoms with Crippen molar-refractivity contribution >= 4 is 5.90 Å². The van der Waals surface area contributed by atoms with Gasteiger partial charge in [0.05, 0.1) is 6.26 Å². The van der Waals surface area contributed by atoms with Gasteiger partial charge in [0.15, 0.2) is 0 Å². The summed E-state index contributed by atoms with van der Waals surface area (Å²) in [6, 6.07) is 9.27. The molecule has 2 N–H and O–H groups in total. The van der Waals surface area contributed by atoms with Crippen molar-refractivity contribution in [3.8, 4) is 0 Å². The molecular weight excluding hydrogens is 190 g/mol. The summed E-state index contributed by atoms with van der Waals surface area (Å²) in [5.74, 6) is 0.135. The molecule has 15 heavy (non-hydrogen) atoms. The first kappa shape index (κ1) is 11.5. The van der Waals surface area contributed by atoms with Gasteiger partial charge >= 0.3 is 0 Å². The average molecular weight is 205 g/mol. The Labute approximate surface area is 89.5 Å². The second-order valence-corrected chi connectivity index (χ2v) is 3.05. The first-order valence-electron chi connectivity index (χ1n) is 4.91. The molecule has 0 fully saturated rings. The first-order chi connectivity index (χ1) is 7.34. The quantitative estimate of drug-likeness (QED) is 0.335. The van der Waals surface area contributed by atoms with Crippen LogP contribution in [0.3, 0.4) is 0 Å². The van der Waals surface area contributed by atoms with E-state index in [4.69, 9.17) is 15.3 Å². The lowest BCUT2D eigenvalue weighted by molar-refractivity contribution is 0.289. The van der Waals surface area contributed by atoms with E-state index in [1.807, 2.05) is 30.3 Å². The highest BCUT2D eigenvalue weighted by Crippen LogP contribution is 2.01. The monoisotopic (exact) mass is 205 g/mol. The van der Waals surface area contributed by atoms with Crippen molar-refractivity contribution in [3.05, 3.63) is 48.2 Å². The fraction of sp³-hybridized carbons (Fsp3) is 0.250. The van der Waals surface area contributed by atoms with E-state index in [0.29, 0.717) is 0 Å². The van der Waals surface area contributed by atoms with E-state index in [-0.39, 0.29) is 12.5 Å². The van der Waals surface area contributed by atoms with Crippen LogP contribution in [-0.2, 0) is 4.74 Å². The molecule has 0 bridgehead atoms. The molecule has 0 aliphatic heterocycles.